The zero-order chi connectivity index (χ0) is 17.9. The summed E-state index contributed by atoms with van der Waals surface area (Å²) in [6.07, 6.45) is 1.06. The molecule has 2 heterocycles. The molecule has 4 rings (SSSR count). The second kappa shape index (κ2) is 5.65. The van der Waals surface area contributed by atoms with Crippen molar-refractivity contribution in [3.05, 3.63) is 48.0 Å². The molecular formula is C21H28O3Si. The van der Waals surface area contributed by atoms with Gasteiger partial charge < -0.3 is 13.9 Å². The van der Waals surface area contributed by atoms with E-state index in [4.69, 9.17) is 13.9 Å². The minimum Gasteiger partial charge on any atom is -0.368 e. The second-order valence-corrected chi connectivity index (χ2v) is 13.6. The average Bonchev–Trinajstić information content (AvgIpc) is 2.83. The maximum atomic E-state index is 6.58. The Bertz CT molecular complexity index is 795. The molecule has 0 bridgehead atoms. The van der Waals surface area contributed by atoms with Crippen molar-refractivity contribution >= 4 is 19.1 Å². The van der Waals surface area contributed by atoms with Gasteiger partial charge in [-0.1, -0.05) is 57.2 Å². The molecule has 0 amide bonds. The summed E-state index contributed by atoms with van der Waals surface area (Å²) in [6.45, 7) is 12.0. The van der Waals surface area contributed by atoms with E-state index in [1.54, 1.807) is 0 Å². The van der Waals surface area contributed by atoms with E-state index in [0.717, 1.165) is 6.42 Å². The third-order valence-corrected chi connectivity index (χ3v) is 10.6. The molecule has 2 fully saturated rings. The molecule has 2 aromatic carbocycles. The van der Waals surface area contributed by atoms with E-state index in [-0.39, 0.29) is 17.1 Å². The van der Waals surface area contributed by atoms with Gasteiger partial charge in [-0.2, -0.15) is 0 Å². The van der Waals surface area contributed by atoms with Crippen molar-refractivity contribution in [3.8, 4) is 0 Å². The van der Waals surface area contributed by atoms with Crippen LogP contribution in [-0.4, -0.2) is 20.9 Å². The van der Waals surface area contributed by atoms with Gasteiger partial charge in [0.2, 0.25) is 0 Å². The van der Waals surface area contributed by atoms with Crippen molar-refractivity contribution < 1.29 is 13.9 Å². The van der Waals surface area contributed by atoms with Crippen molar-refractivity contribution in [2.75, 3.05) is 6.61 Å². The Balaban J connectivity index is 1.59. The Morgan fingerprint density at radius 3 is 2.52 bits per heavy atom. The molecule has 0 radical (unpaired) electrons. The molecule has 0 aliphatic carbocycles. The summed E-state index contributed by atoms with van der Waals surface area (Å²) < 4.78 is 18.9. The van der Waals surface area contributed by atoms with E-state index >= 15 is 0 Å². The van der Waals surface area contributed by atoms with Gasteiger partial charge >= 0.3 is 0 Å². The molecule has 25 heavy (non-hydrogen) atoms. The fourth-order valence-electron chi connectivity index (χ4n) is 3.58. The standard InChI is InChI=1S/C21H28O3Si/c1-20(2,3)25(4,5)24-21-18(12-13-22-21)19(23-21)17-11-10-15-8-6-7-9-16(15)14-17/h6-11,14,18-19H,12-13H2,1-5H3/t18?,19-,21-/m1/s1. The summed E-state index contributed by atoms with van der Waals surface area (Å²) in [6, 6.07) is 15.1. The number of hydrogen-bond donors (Lipinski definition) is 0. The fourth-order valence-corrected chi connectivity index (χ4v) is 4.86. The Labute approximate surface area is 151 Å². The van der Waals surface area contributed by atoms with Gasteiger partial charge in [0, 0.05) is 0 Å². The van der Waals surface area contributed by atoms with Gasteiger partial charge in [-0.25, -0.2) is 0 Å². The molecule has 2 aliphatic heterocycles. The van der Waals surface area contributed by atoms with Crippen LogP contribution in [0.3, 0.4) is 0 Å². The summed E-state index contributed by atoms with van der Waals surface area (Å²) in [5, 5.41) is 2.65. The van der Waals surface area contributed by atoms with Gasteiger partial charge in [-0.15, -0.1) is 0 Å². The molecule has 2 aliphatic rings. The first kappa shape index (κ1) is 17.2. The molecule has 2 saturated heterocycles. The monoisotopic (exact) mass is 356 g/mol. The number of ether oxygens (including phenoxy) is 2. The predicted molar refractivity (Wildman–Crippen MR) is 103 cm³/mol. The normalized spacial score (nSPS) is 29.5. The first-order chi connectivity index (χ1) is 11.7. The lowest BCUT2D eigenvalue weighted by molar-refractivity contribution is -0.446. The first-order valence-corrected chi connectivity index (χ1v) is 12.1. The number of fused-ring (bicyclic) bond motifs is 2. The Kier molecular flexibility index (Phi) is 3.89. The molecule has 3 atom stereocenters. The van der Waals surface area contributed by atoms with Crippen LogP contribution in [0, 0.1) is 5.92 Å². The van der Waals surface area contributed by atoms with Crippen LogP contribution in [-0.2, 0) is 13.9 Å². The lowest BCUT2D eigenvalue weighted by Crippen LogP contribution is -2.61. The minimum absolute atomic E-state index is 0.0666. The van der Waals surface area contributed by atoms with Crippen molar-refractivity contribution in [3.63, 3.8) is 0 Å². The Hall–Kier alpha value is -1.20. The SMILES string of the molecule is CC(C)(C)[Si](C)(C)O[C@@]12OCCC1[C@@H](c1ccc3ccccc3c1)O2. The highest BCUT2D eigenvalue weighted by Gasteiger charge is 2.64. The highest BCUT2D eigenvalue weighted by molar-refractivity contribution is 6.74. The van der Waals surface area contributed by atoms with Gasteiger partial charge in [0.1, 0.15) is 0 Å². The van der Waals surface area contributed by atoms with E-state index < -0.39 is 14.3 Å². The maximum absolute atomic E-state index is 6.58. The van der Waals surface area contributed by atoms with Crippen LogP contribution in [0.5, 0.6) is 0 Å². The summed E-state index contributed by atoms with van der Waals surface area (Å²) in [7, 11) is -1.96. The molecule has 2 aromatic rings. The van der Waals surface area contributed by atoms with Crippen molar-refractivity contribution in [2.45, 2.75) is 57.4 Å². The fraction of sp³-hybridized carbons (Fsp3) is 0.524. The molecule has 3 nitrogen and oxygen atoms in total. The molecule has 4 heteroatoms. The summed E-state index contributed by atoms with van der Waals surface area (Å²) >= 11 is 0. The Morgan fingerprint density at radius 1 is 1.08 bits per heavy atom. The minimum atomic E-state index is -1.96. The van der Waals surface area contributed by atoms with E-state index in [0.29, 0.717) is 6.61 Å². The third kappa shape index (κ3) is 2.76. The van der Waals surface area contributed by atoms with Crippen LogP contribution < -0.4 is 0 Å². The summed E-state index contributed by atoms with van der Waals surface area (Å²) in [5.74, 6) is -0.540. The molecular weight excluding hydrogens is 328 g/mol. The van der Waals surface area contributed by atoms with Crippen molar-refractivity contribution in [1.29, 1.82) is 0 Å². The number of hydrogen-bond acceptors (Lipinski definition) is 3. The van der Waals surface area contributed by atoms with Crippen LogP contribution in [0.1, 0.15) is 38.9 Å². The maximum Gasteiger partial charge on any atom is 0.280 e. The highest BCUT2D eigenvalue weighted by Crippen LogP contribution is 2.57. The zero-order valence-electron chi connectivity index (χ0n) is 15.8. The quantitative estimate of drug-likeness (QED) is 0.668. The van der Waals surface area contributed by atoms with Crippen LogP contribution in [0.15, 0.2) is 42.5 Å². The van der Waals surface area contributed by atoms with Crippen LogP contribution in [0.25, 0.3) is 10.8 Å². The topological polar surface area (TPSA) is 27.7 Å². The highest BCUT2D eigenvalue weighted by atomic mass is 28.4. The molecule has 0 saturated carbocycles. The summed E-state index contributed by atoms with van der Waals surface area (Å²) in [4.78, 5) is 0. The molecule has 0 spiro atoms. The largest absolute Gasteiger partial charge is 0.368 e. The van der Waals surface area contributed by atoms with Gasteiger partial charge in [-0.05, 0) is 47.0 Å². The lowest BCUT2D eigenvalue weighted by atomic mass is 9.86. The van der Waals surface area contributed by atoms with Crippen LogP contribution in [0.4, 0.5) is 0 Å². The van der Waals surface area contributed by atoms with Gasteiger partial charge in [0.05, 0.1) is 18.6 Å². The van der Waals surface area contributed by atoms with Crippen molar-refractivity contribution in [1.82, 2.24) is 0 Å². The van der Waals surface area contributed by atoms with E-state index in [2.05, 4.69) is 76.3 Å². The molecule has 1 unspecified atom stereocenters. The van der Waals surface area contributed by atoms with E-state index in [1.807, 2.05) is 0 Å². The third-order valence-electron chi connectivity index (χ3n) is 6.15. The summed E-state index contributed by atoms with van der Waals surface area (Å²) in [5.41, 5.74) is 1.23. The number of benzene rings is 2. The first-order valence-electron chi connectivity index (χ1n) is 9.23. The zero-order valence-corrected chi connectivity index (χ0v) is 16.8. The average molecular weight is 357 g/mol. The van der Waals surface area contributed by atoms with Gasteiger partial charge in [0.15, 0.2) is 8.32 Å². The molecule has 134 valence electrons. The number of rotatable bonds is 3. The molecule has 0 aromatic heterocycles. The smallest absolute Gasteiger partial charge is 0.280 e. The van der Waals surface area contributed by atoms with Gasteiger partial charge in [-0.3, -0.25) is 0 Å². The Morgan fingerprint density at radius 2 is 1.80 bits per heavy atom. The molecule has 0 N–H and O–H groups in total. The van der Waals surface area contributed by atoms with Gasteiger partial charge in [0.25, 0.3) is 5.97 Å². The van der Waals surface area contributed by atoms with E-state index in [9.17, 15) is 0 Å². The predicted octanol–water partition coefficient (Wildman–Crippen LogP) is 5.62. The second-order valence-electron chi connectivity index (χ2n) is 8.85. The van der Waals surface area contributed by atoms with E-state index in [1.165, 1.54) is 16.3 Å². The lowest BCUT2D eigenvalue weighted by Gasteiger charge is -2.53. The van der Waals surface area contributed by atoms with Crippen LogP contribution in [0.2, 0.25) is 18.1 Å². The van der Waals surface area contributed by atoms with Crippen molar-refractivity contribution in [2.24, 2.45) is 5.92 Å². The van der Waals surface area contributed by atoms with Crippen LogP contribution >= 0.6 is 0 Å².